The number of anilines is 1. The van der Waals surface area contributed by atoms with Crippen molar-refractivity contribution >= 4 is 17.5 Å². The second-order valence-electron chi connectivity index (χ2n) is 7.09. The summed E-state index contributed by atoms with van der Waals surface area (Å²) in [6, 6.07) is 6.91. The number of hydrogen-bond acceptors (Lipinski definition) is 3. The molecule has 5 nitrogen and oxygen atoms in total. The zero-order chi connectivity index (χ0) is 17.1. The molecule has 126 valence electrons. The van der Waals surface area contributed by atoms with Gasteiger partial charge in [-0.05, 0) is 57.4 Å². The number of amides is 2. The van der Waals surface area contributed by atoms with E-state index in [1.54, 1.807) is 24.3 Å². The fraction of sp³-hybridized carbons (Fsp3) is 0.556. The van der Waals surface area contributed by atoms with Crippen molar-refractivity contribution in [3.8, 4) is 0 Å². The third kappa shape index (κ3) is 4.32. The lowest BCUT2D eigenvalue weighted by molar-refractivity contribution is -0.121. The average Bonchev–Trinajstić information content (AvgIpc) is 2.96. The topological polar surface area (TPSA) is 84.2 Å². The summed E-state index contributed by atoms with van der Waals surface area (Å²) in [4.78, 5) is 24.5. The quantitative estimate of drug-likeness (QED) is 0.780. The standard InChI is InChI=1S/C18H27N3O2/c1-4-17(2,3)21-15(22)13-7-9-14(10-8-13)20-16(23)18(19)11-5-6-12-18/h7-10H,4-6,11-12,19H2,1-3H3,(H,20,23)(H,21,22). The van der Waals surface area contributed by atoms with Crippen LogP contribution in [0.5, 0.6) is 0 Å². The van der Waals surface area contributed by atoms with E-state index < -0.39 is 5.54 Å². The predicted molar refractivity (Wildman–Crippen MR) is 92.3 cm³/mol. The molecule has 0 aromatic heterocycles. The van der Waals surface area contributed by atoms with E-state index in [-0.39, 0.29) is 17.4 Å². The third-order valence-corrected chi connectivity index (χ3v) is 4.69. The number of benzene rings is 1. The Labute approximate surface area is 138 Å². The maximum Gasteiger partial charge on any atom is 0.251 e. The molecule has 4 N–H and O–H groups in total. The van der Waals surface area contributed by atoms with Crippen LogP contribution in [-0.4, -0.2) is 22.9 Å². The summed E-state index contributed by atoms with van der Waals surface area (Å²) < 4.78 is 0. The first-order chi connectivity index (χ1) is 10.8. The molecule has 2 rings (SSSR count). The molecule has 0 spiro atoms. The lowest BCUT2D eigenvalue weighted by atomic mass is 9.98. The highest BCUT2D eigenvalue weighted by Gasteiger charge is 2.36. The molecule has 5 heteroatoms. The number of nitrogens with one attached hydrogen (secondary N) is 2. The lowest BCUT2D eigenvalue weighted by Crippen LogP contribution is -2.48. The van der Waals surface area contributed by atoms with E-state index >= 15 is 0 Å². The molecule has 0 aliphatic heterocycles. The van der Waals surface area contributed by atoms with Crippen molar-refractivity contribution in [2.45, 2.75) is 64.0 Å². The van der Waals surface area contributed by atoms with Gasteiger partial charge in [-0.15, -0.1) is 0 Å². The monoisotopic (exact) mass is 317 g/mol. The highest BCUT2D eigenvalue weighted by Crippen LogP contribution is 2.28. The molecule has 1 aliphatic rings. The number of carbonyl (C=O) groups excluding carboxylic acids is 2. The van der Waals surface area contributed by atoms with Gasteiger partial charge >= 0.3 is 0 Å². The Kier molecular flexibility index (Phi) is 5.09. The SMILES string of the molecule is CCC(C)(C)NC(=O)c1ccc(NC(=O)C2(N)CCCC2)cc1. The number of hydrogen-bond donors (Lipinski definition) is 3. The van der Waals surface area contributed by atoms with Crippen molar-refractivity contribution in [1.82, 2.24) is 5.32 Å². The van der Waals surface area contributed by atoms with E-state index in [2.05, 4.69) is 10.6 Å². The minimum Gasteiger partial charge on any atom is -0.347 e. The van der Waals surface area contributed by atoms with Crippen LogP contribution < -0.4 is 16.4 Å². The van der Waals surface area contributed by atoms with E-state index in [1.165, 1.54) is 0 Å². The van der Waals surface area contributed by atoms with Crippen molar-refractivity contribution in [3.05, 3.63) is 29.8 Å². The van der Waals surface area contributed by atoms with Crippen LogP contribution in [0.1, 0.15) is 63.2 Å². The van der Waals surface area contributed by atoms with Crippen LogP contribution in [0, 0.1) is 0 Å². The Morgan fingerprint density at radius 2 is 1.74 bits per heavy atom. The molecule has 1 saturated carbocycles. The minimum absolute atomic E-state index is 0.110. The Balaban J connectivity index is 1.99. The Morgan fingerprint density at radius 1 is 1.17 bits per heavy atom. The first-order valence-electron chi connectivity index (χ1n) is 8.29. The van der Waals surface area contributed by atoms with Gasteiger partial charge in [0.15, 0.2) is 0 Å². The molecule has 1 fully saturated rings. The van der Waals surface area contributed by atoms with Gasteiger partial charge in [-0.25, -0.2) is 0 Å². The van der Waals surface area contributed by atoms with Crippen LogP contribution in [0.2, 0.25) is 0 Å². The molecule has 1 aromatic carbocycles. The number of carbonyl (C=O) groups is 2. The second kappa shape index (κ2) is 6.71. The van der Waals surface area contributed by atoms with Gasteiger partial charge in [-0.1, -0.05) is 19.8 Å². The van der Waals surface area contributed by atoms with Crippen molar-refractivity contribution < 1.29 is 9.59 Å². The second-order valence-corrected chi connectivity index (χ2v) is 7.09. The largest absolute Gasteiger partial charge is 0.347 e. The van der Waals surface area contributed by atoms with Crippen LogP contribution in [0.4, 0.5) is 5.69 Å². The van der Waals surface area contributed by atoms with Crippen molar-refractivity contribution in [3.63, 3.8) is 0 Å². The van der Waals surface area contributed by atoms with E-state index in [4.69, 9.17) is 5.73 Å². The van der Waals surface area contributed by atoms with Gasteiger partial charge in [0, 0.05) is 16.8 Å². The van der Waals surface area contributed by atoms with Crippen LogP contribution in [0.15, 0.2) is 24.3 Å². The van der Waals surface area contributed by atoms with Gasteiger partial charge in [0.1, 0.15) is 0 Å². The predicted octanol–water partition coefficient (Wildman–Crippen LogP) is 2.82. The molecule has 0 heterocycles. The highest BCUT2D eigenvalue weighted by molar-refractivity contribution is 5.99. The summed E-state index contributed by atoms with van der Waals surface area (Å²) in [7, 11) is 0. The van der Waals surface area contributed by atoms with Gasteiger partial charge in [0.25, 0.3) is 5.91 Å². The van der Waals surface area contributed by atoms with Crippen molar-refractivity contribution in [2.24, 2.45) is 5.73 Å². The van der Waals surface area contributed by atoms with Gasteiger partial charge in [-0.2, -0.15) is 0 Å². The number of nitrogens with two attached hydrogens (primary N) is 1. The summed E-state index contributed by atoms with van der Waals surface area (Å²) in [5, 5.41) is 5.84. The van der Waals surface area contributed by atoms with Crippen LogP contribution in [-0.2, 0) is 4.79 Å². The van der Waals surface area contributed by atoms with Gasteiger partial charge in [-0.3, -0.25) is 9.59 Å². The van der Waals surface area contributed by atoms with E-state index in [9.17, 15) is 9.59 Å². The molecule has 23 heavy (non-hydrogen) atoms. The third-order valence-electron chi connectivity index (χ3n) is 4.69. The smallest absolute Gasteiger partial charge is 0.251 e. The zero-order valence-corrected chi connectivity index (χ0v) is 14.2. The maximum atomic E-state index is 12.3. The van der Waals surface area contributed by atoms with E-state index in [0.29, 0.717) is 11.3 Å². The molecule has 0 atom stereocenters. The minimum atomic E-state index is -0.749. The summed E-state index contributed by atoms with van der Waals surface area (Å²) in [6.07, 6.45) is 4.30. The first kappa shape index (κ1) is 17.5. The lowest BCUT2D eigenvalue weighted by Gasteiger charge is -2.24. The molecule has 0 radical (unpaired) electrons. The Hall–Kier alpha value is -1.88. The molecular formula is C18H27N3O2. The summed E-state index contributed by atoms with van der Waals surface area (Å²) >= 11 is 0. The van der Waals surface area contributed by atoms with E-state index in [1.807, 2.05) is 20.8 Å². The zero-order valence-electron chi connectivity index (χ0n) is 14.2. The van der Waals surface area contributed by atoms with E-state index in [0.717, 1.165) is 32.1 Å². The molecule has 1 aliphatic carbocycles. The van der Waals surface area contributed by atoms with Gasteiger partial charge in [0.05, 0.1) is 5.54 Å². The molecule has 0 unspecified atom stereocenters. The molecule has 0 saturated heterocycles. The van der Waals surface area contributed by atoms with Gasteiger partial charge < -0.3 is 16.4 Å². The molecule has 1 aromatic rings. The van der Waals surface area contributed by atoms with Crippen molar-refractivity contribution in [2.75, 3.05) is 5.32 Å². The normalized spacial score (nSPS) is 16.9. The van der Waals surface area contributed by atoms with Crippen molar-refractivity contribution in [1.29, 1.82) is 0 Å². The summed E-state index contributed by atoms with van der Waals surface area (Å²) in [5.41, 5.74) is 6.39. The molecule has 0 bridgehead atoms. The van der Waals surface area contributed by atoms with Crippen LogP contribution >= 0.6 is 0 Å². The highest BCUT2D eigenvalue weighted by atomic mass is 16.2. The Bertz CT molecular complexity index is 572. The fourth-order valence-corrected chi connectivity index (χ4v) is 2.66. The van der Waals surface area contributed by atoms with Crippen LogP contribution in [0.3, 0.4) is 0 Å². The first-order valence-corrected chi connectivity index (χ1v) is 8.29. The summed E-state index contributed by atoms with van der Waals surface area (Å²) in [5.74, 6) is -0.250. The van der Waals surface area contributed by atoms with Gasteiger partial charge in [0.2, 0.25) is 5.91 Å². The molecular weight excluding hydrogens is 290 g/mol. The molecule has 2 amide bonds. The number of rotatable bonds is 5. The average molecular weight is 317 g/mol. The Morgan fingerprint density at radius 3 is 2.26 bits per heavy atom. The maximum absolute atomic E-state index is 12.3. The fourth-order valence-electron chi connectivity index (χ4n) is 2.66. The van der Waals surface area contributed by atoms with Crippen LogP contribution in [0.25, 0.3) is 0 Å². The summed E-state index contributed by atoms with van der Waals surface area (Å²) in [6.45, 7) is 6.01.